The van der Waals surface area contributed by atoms with Gasteiger partial charge in [-0.1, -0.05) is 6.07 Å². The van der Waals surface area contributed by atoms with Crippen LogP contribution in [0, 0.1) is 0 Å². The predicted octanol–water partition coefficient (Wildman–Crippen LogP) is 2.54. The van der Waals surface area contributed by atoms with Crippen molar-refractivity contribution in [2.45, 2.75) is 13.5 Å². The van der Waals surface area contributed by atoms with E-state index in [0.29, 0.717) is 0 Å². The second-order valence-electron chi connectivity index (χ2n) is 4.00. The number of hydrogen-bond acceptors (Lipinski definition) is 4. The molecule has 0 atom stereocenters. The third kappa shape index (κ3) is 2.97. The highest BCUT2D eigenvalue weighted by Gasteiger charge is 2.06. The Labute approximate surface area is 108 Å². The molecule has 2 heterocycles. The lowest BCUT2D eigenvalue weighted by Gasteiger charge is -2.22. The van der Waals surface area contributed by atoms with Gasteiger partial charge < -0.3 is 10.2 Å². The fourth-order valence-electron chi connectivity index (χ4n) is 1.80. The van der Waals surface area contributed by atoms with Gasteiger partial charge >= 0.3 is 0 Å². The summed E-state index contributed by atoms with van der Waals surface area (Å²) in [4.78, 5) is 10.8. The molecule has 18 heavy (non-hydrogen) atoms. The summed E-state index contributed by atoms with van der Waals surface area (Å²) in [6, 6.07) is 10.1. The minimum Gasteiger partial charge on any atom is -0.373 e. The van der Waals surface area contributed by atoms with Gasteiger partial charge in [-0.3, -0.25) is 4.98 Å². The first-order chi connectivity index (χ1) is 8.83. The first-order valence-electron chi connectivity index (χ1n) is 6.12. The van der Waals surface area contributed by atoms with Gasteiger partial charge in [0.25, 0.3) is 0 Å². The van der Waals surface area contributed by atoms with E-state index in [1.165, 1.54) is 5.56 Å². The van der Waals surface area contributed by atoms with Gasteiger partial charge in [-0.2, -0.15) is 0 Å². The Morgan fingerprint density at radius 3 is 2.61 bits per heavy atom. The maximum absolute atomic E-state index is 4.56. The normalized spacial score (nSPS) is 10.1. The van der Waals surface area contributed by atoms with Crippen LogP contribution < -0.4 is 10.2 Å². The molecule has 0 unspecified atom stereocenters. The Kier molecular flexibility index (Phi) is 4.12. The van der Waals surface area contributed by atoms with Crippen molar-refractivity contribution < 1.29 is 0 Å². The number of nitrogens with zero attached hydrogens (tertiary/aromatic N) is 3. The molecule has 94 valence electrons. The number of anilines is 2. The van der Waals surface area contributed by atoms with E-state index in [4.69, 9.17) is 0 Å². The van der Waals surface area contributed by atoms with Crippen molar-refractivity contribution in [1.29, 1.82) is 0 Å². The van der Waals surface area contributed by atoms with Crippen LogP contribution in [0.15, 0.2) is 42.7 Å². The molecule has 0 aliphatic rings. The summed E-state index contributed by atoms with van der Waals surface area (Å²) in [5.41, 5.74) is 1.24. The molecule has 0 spiro atoms. The van der Waals surface area contributed by atoms with Crippen molar-refractivity contribution in [3.8, 4) is 0 Å². The summed E-state index contributed by atoms with van der Waals surface area (Å²) >= 11 is 0. The van der Waals surface area contributed by atoms with Gasteiger partial charge in [-0.15, -0.1) is 0 Å². The van der Waals surface area contributed by atoms with E-state index in [2.05, 4.69) is 27.1 Å². The molecule has 2 aromatic rings. The molecule has 2 aromatic heterocycles. The Morgan fingerprint density at radius 2 is 1.94 bits per heavy atom. The minimum atomic E-state index is 0.846. The summed E-state index contributed by atoms with van der Waals surface area (Å²) in [5, 5.41) is 3.06. The molecule has 0 aliphatic heterocycles. The van der Waals surface area contributed by atoms with Crippen molar-refractivity contribution in [3.63, 3.8) is 0 Å². The van der Waals surface area contributed by atoms with Crippen LogP contribution in [0.25, 0.3) is 0 Å². The Bertz CT molecular complexity index is 484. The van der Waals surface area contributed by atoms with Gasteiger partial charge in [0, 0.05) is 32.5 Å². The standard InChI is InChI=1S/C14H18N4/c1-3-18(11-12-7-9-16-10-8-12)14-6-4-5-13(15-2)17-14/h4-10H,3,11H2,1-2H3,(H,15,17). The van der Waals surface area contributed by atoms with E-state index in [9.17, 15) is 0 Å². The van der Waals surface area contributed by atoms with Gasteiger partial charge in [0.2, 0.25) is 0 Å². The third-order valence-corrected chi connectivity index (χ3v) is 2.82. The van der Waals surface area contributed by atoms with Crippen molar-refractivity contribution in [3.05, 3.63) is 48.3 Å². The van der Waals surface area contributed by atoms with E-state index in [1.807, 2.05) is 49.8 Å². The Morgan fingerprint density at radius 1 is 1.17 bits per heavy atom. The zero-order valence-electron chi connectivity index (χ0n) is 10.8. The van der Waals surface area contributed by atoms with Crippen LogP contribution in [0.1, 0.15) is 12.5 Å². The zero-order valence-corrected chi connectivity index (χ0v) is 10.8. The van der Waals surface area contributed by atoms with Crippen molar-refractivity contribution in [1.82, 2.24) is 9.97 Å². The summed E-state index contributed by atoms with van der Waals surface area (Å²) < 4.78 is 0. The first-order valence-corrected chi connectivity index (χ1v) is 6.12. The lowest BCUT2D eigenvalue weighted by molar-refractivity contribution is 0.813. The lowest BCUT2D eigenvalue weighted by Crippen LogP contribution is -2.23. The molecular formula is C14H18N4. The average Bonchev–Trinajstić information content (AvgIpc) is 2.46. The molecule has 0 saturated carbocycles. The van der Waals surface area contributed by atoms with Crippen molar-refractivity contribution in [2.24, 2.45) is 0 Å². The van der Waals surface area contributed by atoms with Gasteiger partial charge in [-0.05, 0) is 36.8 Å². The molecule has 2 rings (SSSR count). The molecule has 0 bridgehead atoms. The minimum absolute atomic E-state index is 0.846. The van der Waals surface area contributed by atoms with Gasteiger partial charge in [-0.25, -0.2) is 4.98 Å². The van der Waals surface area contributed by atoms with Crippen LogP contribution in [0.2, 0.25) is 0 Å². The molecule has 0 amide bonds. The summed E-state index contributed by atoms with van der Waals surface area (Å²) in [6.45, 7) is 3.90. The van der Waals surface area contributed by atoms with E-state index < -0.39 is 0 Å². The van der Waals surface area contributed by atoms with Crippen LogP contribution in [-0.4, -0.2) is 23.6 Å². The van der Waals surface area contributed by atoms with Crippen LogP contribution in [-0.2, 0) is 6.54 Å². The van der Waals surface area contributed by atoms with Crippen LogP contribution in [0.5, 0.6) is 0 Å². The molecule has 4 heteroatoms. The van der Waals surface area contributed by atoms with Crippen LogP contribution in [0.3, 0.4) is 0 Å². The van der Waals surface area contributed by atoms with E-state index in [1.54, 1.807) is 0 Å². The molecule has 0 aromatic carbocycles. The van der Waals surface area contributed by atoms with E-state index in [0.717, 1.165) is 24.7 Å². The summed E-state index contributed by atoms with van der Waals surface area (Å²) in [7, 11) is 1.88. The Balaban J connectivity index is 2.17. The monoisotopic (exact) mass is 242 g/mol. The fraction of sp³-hybridized carbons (Fsp3) is 0.286. The number of pyridine rings is 2. The van der Waals surface area contributed by atoms with E-state index in [-0.39, 0.29) is 0 Å². The quantitative estimate of drug-likeness (QED) is 0.874. The first kappa shape index (κ1) is 12.4. The van der Waals surface area contributed by atoms with Gasteiger partial charge in [0.05, 0.1) is 0 Å². The SMILES string of the molecule is CCN(Cc1ccncc1)c1cccc(NC)n1. The van der Waals surface area contributed by atoms with Gasteiger partial charge in [0.1, 0.15) is 11.6 Å². The van der Waals surface area contributed by atoms with Gasteiger partial charge in [0.15, 0.2) is 0 Å². The average molecular weight is 242 g/mol. The van der Waals surface area contributed by atoms with Crippen LogP contribution >= 0.6 is 0 Å². The molecular weight excluding hydrogens is 224 g/mol. The summed E-state index contributed by atoms with van der Waals surface area (Å²) in [6.07, 6.45) is 3.64. The highest BCUT2D eigenvalue weighted by atomic mass is 15.2. The predicted molar refractivity (Wildman–Crippen MR) is 74.7 cm³/mol. The lowest BCUT2D eigenvalue weighted by atomic mass is 10.2. The largest absolute Gasteiger partial charge is 0.373 e. The summed E-state index contributed by atoms with van der Waals surface area (Å²) in [5.74, 6) is 1.88. The smallest absolute Gasteiger partial charge is 0.131 e. The Hall–Kier alpha value is -2.10. The zero-order chi connectivity index (χ0) is 12.8. The second-order valence-corrected chi connectivity index (χ2v) is 4.00. The highest BCUT2D eigenvalue weighted by Crippen LogP contribution is 2.16. The molecule has 1 N–H and O–H groups in total. The maximum Gasteiger partial charge on any atom is 0.131 e. The van der Waals surface area contributed by atoms with Crippen molar-refractivity contribution >= 4 is 11.6 Å². The number of rotatable bonds is 5. The number of aromatic nitrogens is 2. The van der Waals surface area contributed by atoms with E-state index >= 15 is 0 Å². The molecule has 0 aliphatic carbocycles. The highest BCUT2D eigenvalue weighted by molar-refractivity contribution is 5.47. The molecule has 0 fully saturated rings. The fourth-order valence-corrected chi connectivity index (χ4v) is 1.80. The molecule has 0 radical (unpaired) electrons. The number of hydrogen-bond donors (Lipinski definition) is 1. The second kappa shape index (κ2) is 6.00. The molecule has 4 nitrogen and oxygen atoms in total. The van der Waals surface area contributed by atoms with Crippen molar-refractivity contribution in [2.75, 3.05) is 23.8 Å². The third-order valence-electron chi connectivity index (χ3n) is 2.82. The maximum atomic E-state index is 4.56. The molecule has 0 saturated heterocycles. The topological polar surface area (TPSA) is 41.1 Å². The van der Waals surface area contributed by atoms with Crippen LogP contribution in [0.4, 0.5) is 11.6 Å². The number of nitrogens with one attached hydrogen (secondary N) is 1.